The lowest BCUT2D eigenvalue weighted by atomic mass is 10.8. The second-order valence-electron chi connectivity index (χ2n) is 10.2. The van der Waals surface area contributed by atoms with Crippen molar-refractivity contribution in [2.75, 3.05) is 0 Å². The van der Waals surface area contributed by atoms with E-state index in [1.54, 1.807) is 19.6 Å². The van der Waals surface area contributed by atoms with Gasteiger partial charge in [-0.25, -0.2) is 0 Å². The largest absolute Gasteiger partial charge is 0.486 e. The first-order valence-corrected chi connectivity index (χ1v) is 25.0. The first kappa shape index (κ1) is 20.4. The molecule has 3 N–H and O–H groups in total. The highest BCUT2D eigenvalue weighted by Crippen LogP contribution is 2.78. The molecule has 0 amide bonds. The van der Waals surface area contributed by atoms with E-state index < -0.39 is 79.9 Å². The minimum absolute atomic E-state index is 1.02. The third-order valence-electron chi connectivity index (χ3n) is 8.38. The van der Waals surface area contributed by atoms with Gasteiger partial charge < -0.3 is 53.3 Å². The maximum absolute atomic E-state index is 11.9. The maximum Gasteiger partial charge on any atom is 0.486 e. The highest BCUT2D eigenvalue weighted by atomic mass is 28.6. The van der Waals surface area contributed by atoms with E-state index in [9.17, 15) is 14.7 Å². The van der Waals surface area contributed by atoms with Crippen LogP contribution >= 0.6 is 0 Å². The smallest absolute Gasteiger partial charge is 0.409 e. The Bertz CT molecular complexity index is 973. The molecule has 19 heteroatoms. The summed E-state index contributed by atoms with van der Waals surface area (Å²) in [5.41, 5.74) is 0. The van der Waals surface area contributed by atoms with E-state index in [2.05, 4.69) is 0 Å². The Morgan fingerprint density at radius 3 is 1.93 bits per heavy atom. The van der Waals surface area contributed by atoms with Crippen molar-refractivity contribution in [3.05, 3.63) is 0 Å². The molecule has 0 radical (unpaired) electrons. The number of aliphatic hydroxyl groups is 1. The third kappa shape index (κ3) is 1.41. The molecule has 7 heterocycles. The van der Waals surface area contributed by atoms with Crippen molar-refractivity contribution in [3.63, 3.8) is 0 Å². The molecular weight excluding hydrogens is 521 g/mol. The molecule has 0 aliphatic carbocycles. The SMILES string of the molecule is CC1(O)[Si]2(C)O[Si]3(C)OC24O[Si]25O[Si](C)(OC2(C)[Si]2(C)O[Si](C)(O)OC25O[Si]14O)O3. The predicted molar refractivity (Wildman–Crippen MR) is 108 cm³/mol. The fraction of sp³-hybridized carbons (Fsp3) is 1.00. The maximum atomic E-state index is 11.9. The van der Waals surface area contributed by atoms with Crippen molar-refractivity contribution in [3.8, 4) is 0 Å². The molecule has 4 bridgehead atoms. The number of hydrogen-bond acceptors (Lipinski definition) is 12. The monoisotopic (exact) mass is 544 g/mol. The lowest BCUT2D eigenvalue weighted by molar-refractivity contribution is -0.195. The van der Waals surface area contributed by atoms with Gasteiger partial charge in [-0.15, -0.1) is 0 Å². The highest BCUT2D eigenvalue weighted by Gasteiger charge is 3.13. The van der Waals surface area contributed by atoms with E-state index in [-0.39, 0.29) is 0 Å². The van der Waals surface area contributed by atoms with E-state index in [4.69, 9.17) is 38.6 Å². The Hall–Kier alpha value is 1.04. The summed E-state index contributed by atoms with van der Waals surface area (Å²) in [4.78, 5) is 20.1. The van der Waals surface area contributed by atoms with Crippen LogP contribution in [0.4, 0.5) is 0 Å². The minimum Gasteiger partial charge on any atom is -0.409 e. The average molecular weight is 545 g/mol. The molecule has 0 aromatic rings. The van der Waals surface area contributed by atoms with Crippen molar-refractivity contribution in [2.24, 2.45) is 0 Å². The third-order valence-corrected chi connectivity index (χ3v) is 46.8. The van der Waals surface area contributed by atoms with Crippen molar-refractivity contribution >= 4 is 60.2 Å². The standard InChI is InChI=1S/C11H24O12Si7/c1-8(12)24(3)10-17-28(7,21-24)22-27(6)15-9(2)25(4)11(18-29(8,10)14,16-26(5,13)20-25)30(9,19-10)23-27/h12-14H,1-7H3. The molecule has 7 aliphatic rings. The van der Waals surface area contributed by atoms with Gasteiger partial charge in [0.1, 0.15) is 9.70 Å². The van der Waals surface area contributed by atoms with Crippen LogP contribution in [-0.4, -0.2) is 94.6 Å². The van der Waals surface area contributed by atoms with Gasteiger partial charge in [-0.2, -0.15) is 0 Å². The summed E-state index contributed by atoms with van der Waals surface area (Å²) in [6.07, 6.45) is 0. The van der Waals surface area contributed by atoms with Crippen LogP contribution in [0.3, 0.4) is 0 Å². The van der Waals surface area contributed by atoms with Gasteiger partial charge in [0.05, 0.1) is 0 Å². The zero-order chi connectivity index (χ0) is 21.9. The summed E-state index contributed by atoms with van der Waals surface area (Å²) in [7, 11) is -24.9. The number of rotatable bonds is 0. The van der Waals surface area contributed by atoms with E-state index >= 15 is 0 Å². The quantitative estimate of drug-likeness (QED) is 0.295. The summed E-state index contributed by atoms with van der Waals surface area (Å²) in [6.45, 7) is 11.9. The van der Waals surface area contributed by atoms with Crippen LogP contribution in [0.2, 0.25) is 32.7 Å². The lowest BCUT2D eigenvalue weighted by Crippen LogP contribution is -3.12. The summed E-state index contributed by atoms with van der Waals surface area (Å²) >= 11 is 0. The van der Waals surface area contributed by atoms with Gasteiger partial charge >= 0.3 is 43.5 Å². The van der Waals surface area contributed by atoms with Crippen LogP contribution in [0.25, 0.3) is 0 Å². The number of hydrogen-bond donors (Lipinski definition) is 3. The molecule has 7 rings (SSSR count). The molecule has 30 heavy (non-hydrogen) atoms. The Kier molecular flexibility index (Phi) is 2.98. The molecule has 3 spiro atoms. The van der Waals surface area contributed by atoms with Gasteiger partial charge in [-0.1, -0.05) is 0 Å². The van der Waals surface area contributed by atoms with Gasteiger partial charge in [0, 0.05) is 19.6 Å². The molecule has 0 aromatic carbocycles. The van der Waals surface area contributed by atoms with Crippen LogP contribution in [-0.2, 0) is 38.6 Å². The fourth-order valence-electron chi connectivity index (χ4n) is 6.94. The first-order chi connectivity index (χ1) is 13.4. The van der Waals surface area contributed by atoms with E-state index in [1.807, 2.05) is 13.5 Å². The van der Waals surface area contributed by atoms with Crippen LogP contribution in [0.15, 0.2) is 0 Å². The van der Waals surface area contributed by atoms with Crippen molar-refractivity contribution in [1.82, 2.24) is 0 Å². The molecule has 0 saturated carbocycles. The average Bonchev–Trinajstić information content (AvgIpc) is 2.98. The molecule has 7 saturated heterocycles. The predicted octanol–water partition coefficient (Wildman–Crippen LogP) is -1.83. The van der Waals surface area contributed by atoms with Gasteiger partial charge in [0.25, 0.3) is 16.6 Å². The van der Waals surface area contributed by atoms with Gasteiger partial charge in [0.15, 0.2) is 0 Å². The van der Waals surface area contributed by atoms with Crippen LogP contribution in [0, 0.1) is 0 Å². The van der Waals surface area contributed by atoms with Gasteiger partial charge in [-0.3, -0.25) is 0 Å². The van der Waals surface area contributed by atoms with Gasteiger partial charge in [-0.05, 0) is 26.9 Å². The Balaban J connectivity index is 1.55. The molecule has 0 aromatic heterocycles. The minimum atomic E-state index is -4.25. The number of fused-ring (bicyclic) bond motifs is 3. The van der Waals surface area contributed by atoms with Gasteiger partial charge in [0.2, 0.25) is 10.1 Å². The molecule has 12 nitrogen and oxygen atoms in total. The van der Waals surface area contributed by atoms with Crippen molar-refractivity contribution < 1.29 is 53.3 Å². The highest BCUT2D eigenvalue weighted by molar-refractivity contribution is 7.24. The summed E-state index contributed by atoms with van der Waals surface area (Å²) in [6, 6.07) is 0. The second kappa shape index (κ2) is 4.38. The summed E-state index contributed by atoms with van der Waals surface area (Å²) in [5, 5.41) is 8.33. The summed E-state index contributed by atoms with van der Waals surface area (Å²) in [5.74, 6) is 0. The molecule has 11 unspecified atom stereocenters. The van der Waals surface area contributed by atoms with Crippen LogP contribution < -0.4 is 0 Å². The van der Waals surface area contributed by atoms with Crippen LogP contribution in [0.5, 0.6) is 0 Å². The Morgan fingerprint density at radius 2 is 1.27 bits per heavy atom. The fourth-order valence-corrected chi connectivity index (χ4v) is 58.3. The normalized spacial score (nSPS) is 78.6. The van der Waals surface area contributed by atoms with E-state index in [1.165, 1.54) is 13.5 Å². The molecular formula is C11H24O12Si7. The van der Waals surface area contributed by atoms with Crippen molar-refractivity contribution in [2.45, 2.75) is 66.3 Å². The zero-order valence-corrected chi connectivity index (χ0v) is 24.5. The molecule has 168 valence electrons. The van der Waals surface area contributed by atoms with Crippen LogP contribution in [0.1, 0.15) is 13.8 Å². The molecule has 7 fully saturated rings. The van der Waals surface area contributed by atoms with E-state index in [0.717, 1.165) is 0 Å². The van der Waals surface area contributed by atoms with Crippen molar-refractivity contribution in [1.29, 1.82) is 0 Å². The van der Waals surface area contributed by atoms with E-state index in [0.29, 0.717) is 0 Å². The summed E-state index contributed by atoms with van der Waals surface area (Å²) < 4.78 is 57.9. The lowest BCUT2D eigenvalue weighted by Gasteiger charge is -2.77. The zero-order valence-electron chi connectivity index (χ0n) is 17.5. The second-order valence-corrected chi connectivity index (χ2v) is 34.9. The Labute approximate surface area is 179 Å². The molecule has 11 atom stereocenters. The topological polar surface area (TPSA) is 144 Å². The molecule has 7 aliphatic heterocycles. The first-order valence-electron chi connectivity index (χ1n) is 9.85. The Morgan fingerprint density at radius 1 is 0.633 bits per heavy atom.